The monoisotopic (exact) mass is 231 g/mol. The second-order valence-electron chi connectivity index (χ2n) is 4.63. The predicted octanol–water partition coefficient (Wildman–Crippen LogP) is 1.13. The first-order chi connectivity index (χ1) is 7.72. The van der Waals surface area contributed by atoms with Crippen molar-refractivity contribution in [2.75, 3.05) is 20.8 Å². The third-order valence-electron chi connectivity index (χ3n) is 3.49. The maximum Gasteiger partial charge on any atom is 0.171 e. The van der Waals surface area contributed by atoms with Crippen LogP contribution in [0.25, 0.3) is 0 Å². The molecule has 0 radical (unpaired) electrons. The first-order valence-electron chi connectivity index (χ1n) is 6.15. The van der Waals surface area contributed by atoms with Gasteiger partial charge in [0.25, 0.3) is 0 Å². The molecule has 4 nitrogen and oxygen atoms in total. The van der Waals surface area contributed by atoms with Gasteiger partial charge in [0.15, 0.2) is 6.29 Å². The molecular weight excluding hydrogens is 206 g/mol. The number of rotatable bonds is 6. The van der Waals surface area contributed by atoms with Gasteiger partial charge in [-0.3, -0.25) is 0 Å². The van der Waals surface area contributed by atoms with Crippen LogP contribution in [0.2, 0.25) is 0 Å². The van der Waals surface area contributed by atoms with Crippen LogP contribution in [-0.4, -0.2) is 44.3 Å². The molecule has 0 spiro atoms. The van der Waals surface area contributed by atoms with Gasteiger partial charge >= 0.3 is 0 Å². The molecule has 3 atom stereocenters. The first-order valence-corrected chi connectivity index (χ1v) is 6.15. The average molecular weight is 231 g/mol. The Morgan fingerprint density at radius 2 is 1.88 bits per heavy atom. The van der Waals surface area contributed by atoms with Crippen molar-refractivity contribution in [2.24, 2.45) is 5.92 Å². The van der Waals surface area contributed by atoms with E-state index in [1.165, 1.54) is 12.8 Å². The normalized spacial score (nSPS) is 28.3. The van der Waals surface area contributed by atoms with E-state index < -0.39 is 0 Å². The van der Waals surface area contributed by atoms with Crippen LogP contribution in [0.3, 0.4) is 0 Å². The van der Waals surface area contributed by atoms with Crippen molar-refractivity contribution in [2.45, 2.75) is 51.0 Å². The second-order valence-corrected chi connectivity index (χ2v) is 4.63. The highest BCUT2D eigenvalue weighted by Crippen LogP contribution is 2.24. The molecule has 1 rings (SSSR count). The van der Waals surface area contributed by atoms with Crippen LogP contribution < -0.4 is 5.32 Å². The highest BCUT2D eigenvalue weighted by atomic mass is 16.7. The summed E-state index contributed by atoms with van der Waals surface area (Å²) >= 11 is 0. The van der Waals surface area contributed by atoms with Crippen molar-refractivity contribution in [3.8, 4) is 0 Å². The van der Waals surface area contributed by atoms with Gasteiger partial charge in [0.1, 0.15) is 0 Å². The lowest BCUT2D eigenvalue weighted by Gasteiger charge is -2.35. The lowest BCUT2D eigenvalue weighted by molar-refractivity contribution is -0.122. The fraction of sp³-hybridized carbons (Fsp3) is 1.00. The third kappa shape index (κ3) is 3.70. The van der Waals surface area contributed by atoms with E-state index in [0.717, 1.165) is 12.8 Å². The summed E-state index contributed by atoms with van der Waals surface area (Å²) in [6, 6.07) is 0.536. The molecule has 2 N–H and O–H groups in total. The Morgan fingerprint density at radius 3 is 2.44 bits per heavy atom. The Hall–Kier alpha value is -0.160. The minimum atomic E-state index is -0.221. The van der Waals surface area contributed by atoms with E-state index in [4.69, 9.17) is 9.47 Å². The smallest absolute Gasteiger partial charge is 0.171 e. The Kier molecular flexibility index (Phi) is 6.28. The average Bonchev–Trinajstić information content (AvgIpc) is 2.31. The van der Waals surface area contributed by atoms with Crippen LogP contribution in [0.4, 0.5) is 0 Å². The SMILES string of the molecule is COC(OC)C(C)NC1CCCCC1CO. The number of ether oxygens (including phenoxy) is 2. The van der Waals surface area contributed by atoms with Crippen molar-refractivity contribution >= 4 is 0 Å². The lowest BCUT2D eigenvalue weighted by Crippen LogP contribution is -2.49. The van der Waals surface area contributed by atoms with Gasteiger partial charge in [-0.15, -0.1) is 0 Å². The molecule has 0 aromatic heterocycles. The summed E-state index contributed by atoms with van der Waals surface area (Å²) in [5, 5.41) is 12.8. The van der Waals surface area contributed by atoms with E-state index in [0.29, 0.717) is 12.0 Å². The molecular formula is C12H25NO3. The van der Waals surface area contributed by atoms with E-state index in [1.807, 2.05) is 0 Å². The van der Waals surface area contributed by atoms with Gasteiger partial charge in [-0.05, 0) is 25.7 Å². The molecule has 1 fully saturated rings. The zero-order valence-electron chi connectivity index (χ0n) is 10.6. The summed E-state index contributed by atoms with van der Waals surface area (Å²) in [6.07, 6.45) is 4.50. The molecule has 3 unspecified atom stereocenters. The number of aliphatic hydroxyl groups excluding tert-OH is 1. The minimum Gasteiger partial charge on any atom is -0.396 e. The molecule has 1 saturated carbocycles. The molecule has 4 heteroatoms. The summed E-state index contributed by atoms with van der Waals surface area (Å²) in [5.74, 6) is 0.380. The second kappa shape index (κ2) is 7.22. The molecule has 16 heavy (non-hydrogen) atoms. The van der Waals surface area contributed by atoms with Crippen molar-refractivity contribution in [3.05, 3.63) is 0 Å². The Balaban J connectivity index is 2.43. The molecule has 1 aliphatic rings. The highest BCUT2D eigenvalue weighted by Gasteiger charge is 2.27. The number of nitrogens with one attached hydrogen (secondary N) is 1. The van der Waals surface area contributed by atoms with Crippen LogP contribution in [0.15, 0.2) is 0 Å². The standard InChI is InChI=1S/C12H25NO3/c1-9(12(15-2)16-3)13-11-7-5-4-6-10(11)8-14/h9-14H,4-8H2,1-3H3. The van der Waals surface area contributed by atoms with Gasteiger partial charge in [-0.1, -0.05) is 12.8 Å². The molecule has 0 heterocycles. The predicted molar refractivity (Wildman–Crippen MR) is 63.2 cm³/mol. The van der Waals surface area contributed by atoms with Crippen molar-refractivity contribution in [3.63, 3.8) is 0 Å². The Morgan fingerprint density at radius 1 is 1.25 bits per heavy atom. The number of hydrogen-bond donors (Lipinski definition) is 2. The number of hydrogen-bond acceptors (Lipinski definition) is 4. The van der Waals surface area contributed by atoms with Gasteiger partial charge in [0.2, 0.25) is 0 Å². The summed E-state index contributed by atoms with van der Waals surface area (Å²) in [7, 11) is 3.30. The quantitative estimate of drug-likeness (QED) is 0.673. The number of aliphatic hydroxyl groups is 1. The van der Waals surface area contributed by atoms with E-state index in [9.17, 15) is 5.11 Å². The zero-order chi connectivity index (χ0) is 12.0. The Labute approximate surface area is 98.3 Å². The van der Waals surface area contributed by atoms with Crippen LogP contribution in [0.5, 0.6) is 0 Å². The maximum atomic E-state index is 9.32. The molecule has 0 aromatic carbocycles. The topological polar surface area (TPSA) is 50.7 Å². The summed E-state index contributed by atoms with van der Waals surface area (Å²) in [4.78, 5) is 0. The van der Waals surface area contributed by atoms with Crippen LogP contribution >= 0.6 is 0 Å². The highest BCUT2D eigenvalue weighted by molar-refractivity contribution is 4.83. The van der Waals surface area contributed by atoms with Gasteiger partial charge in [-0.2, -0.15) is 0 Å². The minimum absolute atomic E-state index is 0.146. The maximum absolute atomic E-state index is 9.32. The molecule has 0 amide bonds. The van der Waals surface area contributed by atoms with Crippen molar-refractivity contribution < 1.29 is 14.6 Å². The number of methoxy groups -OCH3 is 2. The van der Waals surface area contributed by atoms with Gasteiger partial charge in [-0.25, -0.2) is 0 Å². The molecule has 96 valence electrons. The summed E-state index contributed by atoms with van der Waals surface area (Å²) in [5.41, 5.74) is 0. The van der Waals surface area contributed by atoms with Crippen LogP contribution in [-0.2, 0) is 9.47 Å². The van der Waals surface area contributed by atoms with Gasteiger partial charge < -0.3 is 19.9 Å². The van der Waals surface area contributed by atoms with Gasteiger partial charge in [0, 0.05) is 26.9 Å². The Bertz CT molecular complexity index is 185. The van der Waals surface area contributed by atoms with Crippen molar-refractivity contribution in [1.82, 2.24) is 5.32 Å². The molecule has 0 aliphatic heterocycles. The van der Waals surface area contributed by atoms with Crippen molar-refractivity contribution in [1.29, 1.82) is 0 Å². The lowest BCUT2D eigenvalue weighted by atomic mass is 9.84. The zero-order valence-corrected chi connectivity index (χ0v) is 10.6. The molecule has 0 saturated heterocycles. The van der Waals surface area contributed by atoms with Crippen LogP contribution in [0.1, 0.15) is 32.6 Å². The van der Waals surface area contributed by atoms with E-state index in [2.05, 4.69) is 12.2 Å². The fourth-order valence-electron chi connectivity index (χ4n) is 2.57. The molecule has 1 aliphatic carbocycles. The van der Waals surface area contributed by atoms with E-state index in [-0.39, 0.29) is 18.9 Å². The summed E-state index contributed by atoms with van der Waals surface area (Å²) in [6.45, 7) is 2.33. The molecule has 0 bridgehead atoms. The van der Waals surface area contributed by atoms with Crippen LogP contribution in [0, 0.1) is 5.92 Å². The van der Waals surface area contributed by atoms with Gasteiger partial charge in [0.05, 0.1) is 6.04 Å². The summed E-state index contributed by atoms with van der Waals surface area (Å²) < 4.78 is 10.4. The largest absolute Gasteiger partial charge is 0.396 e. The van der Waals surface area contributed by atoms with E-state index >= 15 is 0 Å². The third-order valence-corrected chi connectivity index (χ3v) is 3.49. The van der Waals surface area contributed by atoms with E-state index in [1.54, 1.807) is 14.2 Å². The first kappa shape index (κ1) is 13.9. The molecule has 0 aromatic rings. The fourth-order valence-corrected chi connectivity index (χ4v) is 2.57.